The van der Waals surface area contributed by atoms with Crippen molar-refractivity contribution in [1.82, 2.24) is 14.7 Å². The van der Waals surface area contributed by atoms with E-state index in [4.69, 9.17) is 4.52 Å². The van der Waals surface area contributed by atoms with Crippen molar-refractivity contribution < 1.29 is 4.52 Å². The number of rotatable bonds is 3. The minimum absolute atomic E-state index is 0.0713. The van der Waals surface area contributed by atoms with Gasteiger partial charge in [0.25, 0.3) is 5.56 Å². The lowest BCUT2D eigenvalue weighted by molar-refractivity contribution is 0.414. The van der Waals surface area contributed by atoms with E-state index in [2.05, 4.69) is 10.1 Å². The van der Waals surface area contributed by atoms with Gasteiger partial charge in [0.1, 0.15) is 11.1 Å². The Labute approximate surface area is 129 Å². The van der Waals surface area contributed by atoms with E-state index in [-0.39, 0.29) is 5.56 Å². The molecule has 0 amide bonds. The molecule has 3 aromatic rings. The van der Waals surface area contributed by atoms with Crippen LogP contribution in [0.2, 0.25) is 0 Å². The van der Waals surface area contributed by atoms with Gasteiger partial charge in [-0.25, -0.2) is 4.98 Å². The summed E-state index contributed by atoms with van der Waals surface area (Å²) in [5.41, 5.74) is 2.15. The van der Waals surface area contributed by atoms with Crippen LogP contribution in [0.1, 0.15) is 22.6 Å². The summed E-state index contributed by atoms with van der Waals surface area (Å²) in [5.74, 6) is 0.646. The highest BCUT2D eigenvalue weighted by Crippen LogP contribution is 2.35. The molecule has 0 unspecified atom stereocenters. The molecule has 0 fully saturated rings. The SMILES string of the molecule is Cn1c(SCc2ccon2)nc2sc3c(c2c1=O)CCC3. The standard InChI is InChI=1S/C14H13N3O2S2/c1-17-13(18)11-9-3-2-4-10(9)21-12(11)15-14(17)20-7-8-5-6-19-16-8/h5-6H,2-4,7H2,1H3. The minimum Gasteiger partial charge on any atom is -0.364 e. The lowest BCUT2D eigenvalue weighted by Crippen LogP contribution is -2.20. The number of thiophene rings is 1. The van der Waals surface area contributed by atoms with Crippen LogP contribution in [0.15, 0.2) is 26.8 Å². The van der Waals surface area contributed by atoms with Gasteiger partial charge < -0.3 is 4.52 Å². The fraction of sp³-hybridized carbons (Fsp3) is 0.357. The average Bonchev–Trinajstić information content (AvgIpc) is 3.17. The lowest BCUT2D eigenvalue weighted by Gasteiger charge is -2.06. The lowest BCUT2D eigenvalue weighted by atomic mass is 10.2. The molecular weight excluding hydrogens is 306 g/mol. The van der Waals surface area contributed by atoms with Crippen molar-refractivity contribution in [2.45, 2.75) is 30.2 Å². The predicted molar refractivity (Wildman–Crippen MR) is 83.0 cm³/mol. The number of nitrogens with zero attached hydrogens (tertiary/aromatic N) is 3. The summed E-state index contributed by atoms with van der Waals surface area (Å²) >= 11 is 3.19. The predicted octanol–water partition coefficient (Wildman–Crippen LogP) is 2.76. The Kier molecular flexibility index (Phi) is 3.11. The van der Waals surface area contributed by atoms with Gasteiger partial charge in [-0.3, -0.25) is 9.36 Å². The Balaban J connectivity index is 1.76. The molecule has 4 rings (SSSR count). The van der Waals surface area contributed by atoms with E-state index >= 15 is 0 Å². The third-order valence-electron chi connectivity index (χ3n) is 3.75. The number of hydrogen-bond donors (Lipinski definition) is 0. The molecule has 0 atom stereocenters. The van der Waals surface area contributed by atoms with Crippen LogP contribution < -0.4 is 5.56 Å². The molecule has 3 heterocycles. The van der Waals surface area contributed by atoms with Crippen LogP contribution in [-0.4, -0.2) is 14.7 Å². The van der Waals surface area contributed by atoms with Gasteiger partial charge >= 0.3 is 0 Å². The molecule has 0 saturated carbocycles. The Morgan fingerprint density at radius 3 is 3.19 bits per heavy atom. The van der Waals surface area contributed by atoms with Crippen molar-refractivity contribution in [3.63, 3.8) is 0 Å². The zero-order valence-electron chi connectivity index (χ0n) is 11.5. The van der Waals surface area contributed by atoms with Gasteiger partial charge in [0, 0.05) is 23.7 Å². The van der Waals surface area contributed by atoms with Gasteiger partial charge in [0.05, 0.1) is 11.1 Å². The second kappa shape index (κ2) is 4.99. The summed E-state index contributed by atoms with van der Waals surface area (Å²) in [4.78, 5) is 19.5. The fourth-order valence-electron chi connectivity index (χ4n) is 2.69. The van der Waals surface area contributed by atoms with E-state index in [1.807, 2.05) is 6.07 Å². The Morgan fingerprint density at radius 2 is 2.38 bits per heavy atom. The molecule has 108 valence electrons. The van der Waals surface area contributed by atoms with Gasteiger partial charge in [-0.2, -0.15) is 0 Å². The molecule has 1 aliphatic carbocycles. The van der Waals surface area contributed by atoms with Gasteiger partial charge in [0.15, 0.2) is 5.16 Å². The molecule has 0 N–H and O–H groups in total. The molecule has 3 aromatic heterocycles. The van der Waals surface area contributed by atoms with Crippen molar-refractivity contribution in [3.8, 4) is 0 Å². The molecule has 0 aliphatic heterocycles. The quantitative estimate of drug-likeness (QED) is 0.549. The Morgan fingerprint density at radius 1 is 1.48 bits per heavy atom. The van der Waals surface area contributed by atoms with Crippen molar-refractivity contribution in [2.75, 3.05) is 0 Å². The second-order valence-corrected chi connectivity index (χ2v) is 7.10. The average molecular weight is 319 g/mol. The van der Waals surface area contributed by atoms with Crippen molar-refractivity contribution in [3.05, 3.63) is 38.8 Å². The summed E-state index contributed by atoms with van der Waals surface area (Å²) in [6, 6.07) is 1.82. The summed E-state index contributed by atoms with van der Waals surface area (Å²) < 4.78 is 6.47. The molecule has 1 aliphatic rings. The minimum atomic E-state index is 0.0713. The van der Waals surface area contributed by atoms with E-state index < -0.39 is 0 Å². The normalized spacial score (nSPS) is 14.0. The third kappa shape index (κ3) is 2.11. The molecular formula is C14H13N3O2S2. The van der Waals surface area contributed by atoms with Crippen LogP contribution in [0.4, 0.5) is 0 Å². The fourth-order valence-corrected chi connectivity index (χ4v) is 4.85. The topological polar surface area (TPSA) is 60.9 Å². The van der Waals surface area contributed by atoms with Crippen LogP contribution in [-0.2, 0) is 25.6 Å². The van der Waals surface area contributed by atoms with Crippen LogP contribution in [0.25, 0.3) is 10.2 Å². The molecule has 0 aromatic carbocycles. The van der Waals surface area contributed by atoms with Gasteiger partial charge in [0.2, 0.25) is 0 Å². The van der Waals surface area contributed by atoms with Gasteiger partial charge in [-0.1, -0.05) is 16.9 Å². The number of aromatic nitrogens is 3. The van der Waals surface area contributed by atoms with E-state index in [0.717, 1.165) is 40.3 Å². The molecule has 0 saturated heterocycles. The number of thioether (sulfide) groups is 1. The first-order valence-electron chi connectivity index (χ1n) is 6.77. The number of fused-ring (bicyclic) bond motifs is 3. The summed E-state index contributed by atoms with van der Waals surface area (Å²) in [7, 11) is 1.79. The van der Waals surface area contributed by atoms with Gasteiger partial charge in [-0.05, 0) is 24.8 Å². The Hall–Kier alpha value is -1.60. The van der Waals surface area contributed by atoms with Crippen LogP contribution in [0, 0.1) is 0 Å². The molecule has 0 radical (unpaired) electrons. The van der Waals surface area contributed by atoms with Crippen molar-refractivity contribution >= 4 is 33.3 Å². The summed E-state index contributed by atoms with van der Waals surface area (Å²) in [6.07, 6.45) is 4.80. The summed E-state index contributed by atoms with van der Waals surface area (Å²) in [6.45, 7) is 0. The number of hydrogen-bond acceptors (Lipinski definition) is 6. The highest BCUT2D eigenvalue weighted by atomic mass is 32.2. The maximum atomic E-state index is 12.6. The second-order valence-electron chi connectivity index (χ2n) is 5.08. The first-order chi connectivity index (χ1) is 10.2. The van der Waals surface area contributed by atoms with E-state index in [1.165, 1.54) is 22.2 Å². The van der Waals surface area contributed by atoms with Crippen LogP contribution in [0.3, 0.4) is 0 Å². The summed E-state index contributed by atoms with van der Waals surface area (Å²) in [5, 5.41) is 5.44. The van der Waals surface area contributed by atoms with Crippen LogP contribution in [0.5, 0.6) is 0 Å². The van der Waals surface area contributed by atoms with Crippen molar-refractivity contribution in [2.24, 2.45) is 7.05 Å². The first-order valence-corrected chi connectivity index (χ1v) is 8.57. The van der Waals surface area contributed by atoms with Crippen LogP contribution >= 0.6 is 23.1 Å². The molecule has 7 heteroatoms. The Bertz CT molecular complexity index is 865. The monoisotopic (exact) mass is 319 g/mol. The molecule has 0 spiro atoms. The third-order valence-corrected chi connectivity index (χ3v) is 5.99. The van der Waals surface area contributed by atoms with E-state index in [9.17, 15) is 4.79 Å². The molecule has 21 heavy (non-hydrogen) atoms. The molecule has 0 bridgehead atoms. The zero-order valence-corrected chi connectivity index (χ0v) is 13.1. The largest absolute Gasteiger partial charge is 0.364 e. The first kappa shape index (κ1) is 13.1. The maximum Gasteiger partial charge on any atom is 0.262 e. The van der Waals surface area contributed by atoms with E-state index in [1.54, 1.807) is 29.2 Å². The number of aryl methyl sites for hydroxylation is 2. The van der Waals surface area contributed by atoms with Crippen molar-refractivity contribution in [1.29, 1.82) is 0 Å². The molecule has 5 nitrogen and oxygen atoms in total. The smallest absolute Gasteiger partial charge is 0.262 e. The van der Waals surface area contributed by atoms with Gasteiger partial charge in [-0.15, -0.1) is 11.3 Å². The highest BCUT2D eigenvalue weighted by Gasteiger charge is 2.22. The maximum absolute atomic E-state index is 12.6. The highest BCUT2D eigenvalue weighted by molar-refractivity contribution is 7.98. The zero-order chi connectivity index (χ0) is 14.4. The van der Waals surface area contributed by atoms with E-state index in [0.29, 0.717) is 5.75 Å².